The minimum absolute atomic E-state index is 0.0821. The lowest BCUT2D eigenvalue weighted by Crippen LogP contribution is -2.28. The lowest BCUT2D eigenvalue weighted by atomic mass is 9.91. The van der Waals surface area contributed by atoms with Crippen molar-refractivity contribution in [2.24, 2.45) is 0 Å². The number of nitro groups is 2. The zero-order valence-corrected chi connectivity index (χ0v) is 31.2. The fraction of sp³-hybridized carbons (Fsp3) is 0.163. The van der Waals surface area contributed by atoms with Crippen molar-refractivity contribution in [3.63, 3.8) is 0 Å². The van der Waals surface area contributed by atoms with E-state index in [1.807, 2.05) is 12.1 Å². The predicted octanol–water partition coefficient (Wildman–Crippen LogP) is 6.21. The van der Waals surface area contributed by atoms with Gasteiger partial charge in [0, 0.05) is 91.1 Å². The number of carbonyl (C=O) groups excluding carboxylic acids is 1. The van der Waals surface area contributed by atoms with Crippen LogP contribution in [0.4, 0.5) is 11.4 Å². The number of aromatic hydroxyl groups is 2. The van der Waals surface area contributed by atoms with Crippen molar-refractivity contribution in [1.82, 2.24) is 15.3 Å². The van der Waals surface area contributed by atoms with Crippen molar-refractivity contribution >= 4 is 23.3 Å². The number of para-hydroxylation sites is 2. The first kappa shape index (κ1) is 39.4. The molecule has 0 unspecified atom stereocenters. The monoisotopic (exact) mass is 797 g/mol. The molecule has 16 nitrogen and oxygen atoms in total. The van der Waals surface area contributed by atoms with Crippen molar-refractivity contribution in [2.45, 2.75) is 32.2 Å². The Kier molecular flexibility index (Phi) is 11.4. The SMILES string of the molecule is O=C(O)COc1c2cccc1Cc1cc([N+](=O)[O-])cc(c1O)Cc1cccc(c1OCC(=O)NCc1ccnc(-c3ccccn3)c1)Cc1cc([N+](=O)[O-])cc(c1O)C2. The molecule has 2 heterocycles. The Bertz CT molecular complexity index is 2500. The number of carbonyl (C=O) groups is 2. The number of phenolic OH excluding ortho intramolecular Hbond substituents is 2. The minimum Gasteiger partial charge on any atom is -0.507 e. The molecule has 0 radical (unpaired) electrons. The normalized spacial score (nSPS) is 11.9. The number of ether oxygens (including phenoxy) is 2. The molecule has 0 fully saturated rings. The Morgan fingerprint density at radius 2 is 1.08 bits per heavy atom. The van der Waals surface area contributed by atoms with E-state index in [2.05, 4.69) is 15.3 Å². The van der Waals surface area contributed by atoms with Gasteiger partial charge in [-0.25, -0.2) is 4.79 Å². The van der Waals surface area contributed by atoms with E-state index >= 15 is 0 Å². The summed E-state index contributed by atoms with van der Waals surface area (Å²) in [6, 6.07) is 23.7. The highest BCUT2D eigenvalue weighted by Gasteiger charge is 2.25. The van der Waals surface area contributed by atoms with Gasteiger partial charge in [-0.2, -0.15) is 0 Å². The number of carboxylic acid groups (broad SMARTS) is 1. The lowest BCUT2D eigenvalue weighted by molar-refractivity contribution is -0.385. The maximum Gasteiger partial charge on any atom is 0.341 e. The summed E-state index contributed by atoms with van der Waals surface area (Å²) in [6.07, 6.45) is 2.75. The number of amides is 1. The Morgan fingerprint density at radius 1 is 0.610 bits per heavy atom. The van der Waals surface area contributed by atoms with Gasteiger partial charge in [0.25, 0.3) is 17.3 Å². The van der Waals surface area contributed by atoms with Gasteiger partial charge in [0.15, 0.2) is 13.2 Å². The Balaban J connectivity index is 1.29. The summed E-state index contributed by atoms with van der Waals surface area (Å²) < 4.78 is 11.9. The highest BCUT2D eigenvalue weighted by atomic mass is 16.6. The van der Waals surface area contributed by atoms with E-state index in [1.165, 1.54) is 24.3 Å². The second-order valence-corrected chi connectivity index (χ2v) is 13.8. The van der Waals surface area contributed by atoms with Crippen molar-refractivity contribution in [3.8, 4) is 34.4 Å². The average molecular weight is 798 g/mol. The van der Waals surface area contributed by atoms with Gasteiger partial charge in [-0.15, -0.1) is 0 Å². The number of fused-ring (bicyclic) bond motifs is 8. The van der Waals surface area contributed by atoms with E-state index < -0.39 is 34.9 Å². The predicted molar refractivity (Wildman–Crippen MR) is 212 cm³/mol. The van der Waals surface area contributed by atoms with Gasteiger partial charge in [0.05, 0.1) is 21.2 Å². The van der Waals surface area contributed by atoms with Gasteiger partial charge in [-0.1, -0.05) is 42.5 Å². The Labute approximate surface area is 335 Å². The standard InChI is InChI=1S/C43H35N5O11/c49-38(46-22-25-10-12-45-37(13-25)36-9-1-2-11-44-36)23-58-42-26-5-3-6-27(42)15-31-19-35(48(56)57)21-33(41(31)53)17-29-8-4-7-28(43(29)59-24-39(50)51)16-32-20-34(47(54)55)18-30(14-26)40(32)52/h1-13,18-21,52-53H,14-17,22-24H2,(H,46,49)(H,50,51). The largest absolute Gasteiger partial charge is 0.507 e. The van der Waals surface area contributed by atoms with Crippen molar-refractivity contribution in [3.05, 3.63) is 174 Å². The Hall–Kier alpha value is -7.88. The molecule has 8 bridgehead atoms. The number of benzene rings is 4. The van der Waals surface area contributed by atoms with E-state index in [-0.39, 0.29) is 88.9 Å². The zero-order chi connectivity index (χ0) is 41.6. The van der Waals surface area contributed by atoms with Gasteiger partial charge < -0.3 is 30.1 Å². The third-order valence-corrected chi connectivity index (χ3v) is 9.74. The fourth-order valence-electron chi connectivity index (χ4n) is 7.02. The van der Waals surface area contributed by atoms with Gasteiger partial charge in [0.2, 0.25) is 0 Å². The van der Waals surface area contributed by atoms with Crippen LogP contribution in [0.3, 0.4) is 0 Å². The van der Waals surface area contributed by atoms with Crippen LogP contribution >= 0.6 is 0 Å². The number of aliphatic carboxylic acids is 1. The summed E-state index contributed by atoms with van der Waals surface area (Å²) >= 11 is 0. The number of nitrogens with zero attached hydrogens (tertiary/aromatic N) is 4. The number of hydrogen-bond acceptors (Lipinski definition) is 12. The third-order valence-electron chi connectivity index (χ3n) is 9.74. The second kappa shape index (κ2) is 17.1. The van der Waals surface area contributed by atoms with Crippen LogP contribution in [0, 0.1) is 20.2 Å². The lowest BCUT2D eigenvalue weighted by Gasteiger charge is -2.20. The average Bonchev–Trinajstić information content (AvgIpc) is 3.22. The molecule has 0 aliphatic heterocycles. The molecular formula is C43H35N5O11. The molecule has 16 heteroatoms. The molecule has 0 saturated heterocycles. The molecule has 4 aromatic carbocycles. The van der Waals surface area contributed by atoms with E-state index in [0.717, 1.165) is 5.56 Å². The highest BCUT2D eigenvalue weighted by Crippen LogP contribution is 2.40. The molecule has 1 amide bonds. The van der Waals surface area contributed by atoms with Crippen LogP contribution in [0.25, 0.3) is 11.4 Å². The molecule has 59 heavy (non-hydrogen) atoms. The number of nitrogens with one attached hydrogen (secondary N) is 1. The molecule has 4 N–H and O–H groups in total. The smallest absolute Gasteiger partial charge is 0.341 e. The minimum atomic E-state index is -1.28. The summed E-state index contributed by atoms with van der Waals surface area (Å²) in [5, 5.41) is 60.0. The number of non-ortho nitro benzene ring substituents is 2. The first-order chi connectivity index (χ1) is 28.4. The first-order valence-electron chi connectivity index (χ1n) is 18.2. The first-order valence-corrected chi connectivity index (χ1v) is 18.2. The molecule has 7 rings (SSSR count). The number of aromatic nitrogens is 2. The molecule has 1 aliphatic rings. The number of hydrogen-bond donors (Lipinski definition) is 4. The number of carboxylic acids is 1. The van der Waals surface area contributed by atoms with E-state index in [4.69, 9.17) is 9.47 Å². The summed E-state index contributed by atoms with van der Waals surface area (Å²) in [4.78, 5) is 56.8. The van der Waals surface area contributed by atoms with Crippen LogP contribution in [-0.2, 0) is 41.8 Å². The van der Waals surface area contributed by atoms with Crippen LogP contribution in [0.15, 0.2) is 103 Å². The number of nitro benzene ring substituents is 2. The Morgan fingerprint density at radius 3 is 1.53 bits per heavy atom. The molecule has 2 aromatic heterocycles. The van der Waals surface area contributed by atoms with Gasteiger partial charge in [-0.05, 0) is 52.1 Å². The maximum absolute atomic E-state index is 13.3. The number of phenols is 2. The van der Waals surface area contributed by atoms with E-state index in [9.17, 15) is 45.1 Å². The van der Waals surface area contributed by atoms with Gasteiger partial charge >= 0.3 is 5.97 Å². The zero-order valence-electron chi connectivity index (χ0n) is 31.2. The molecule has 0 saturated carbocycles. The van der Waals surface area contributed by atoms with Crippen molar-refractivity contribution in [1.29, 1.82) is 0 Å². The topological polar surface area (TPSA) is 237 Å². The molecule has 298 valence electrons. The number of rotatable bonds is 11. The van der Waals surface area contributed by atoms with Crippen LogP contribution in [0.1, 0.15) is 50.1 Å². The van der Waals surface area contributed by atoms with Crippen LogP contribution in [0.2, 0.25) is 0 Å². The van der Waals surface area contributed by atoms with Crippen LogP contribution in [0.5, 0.6) is 23.0 Å². The molecule has 1 aliphatic carbocycles. The quantitative estimate of drug-likeness (QED) is 0.0843. The fourth-order valence-corrected chi connectivity index (χ4v) is 7.02. The van der Waals surface area contributed by atoms with Crippen LogP contribution < -0.4 is 14.8 Å². The second-order valence-electron chi connectivity index (χ2n) is 13.8. The summed E-state index contributed by atoms with van der Waals surface area (Å²) in [5.74, 6) is -2.04. The van der Waals surface area contributed by atoms with Gasteiger partial charge in [-0.3, -0.25) is 35.0 Å². The van der Waals surface area contributed by atoms with Gasteiger partial charge in [0.1, 0.15) is 23.0 Å². The van der Waals surface area contributed by atoms with Crippen LogP contribution in [-0.4, -0.2) is 60.2 Å². The van der Waals surface area contributed by atoms with E-state index in [0.29, 0.717) is 33.6 Å². The third kappa shape index (κ3) is 9.07. The van der Waals surface area contributed by atoms with Crippen molar-refractivity contribution in [2.75, 3.05) is 13.2 Å². The molecular weight excluding hydrogens is 762 g/mol. The highest BCUT2D eigenvalue weighted by molar-refractivity contribution is 5.77. The summed E-state index contributed by atoms with van der Waals surface area (Å²) in [6.45, 7) is -1.10. The van der Waals surface area contributed by atoms with E-state index in [1.54, 1.807) is 67.0 Å². The summed E-state index contributed by atoms with van der Waals surface area (Å²) in [5.41, 5.74) is 3.54. The maximum atomic E-state index is 13.3. The number of pyridine rings is 2. The molecule has 6 aromatic rings. The summed E-state index contributed by atoms with van der Waals surface area (Å²) in [7, 11) is 0. The molecule has 0 spiro atoms. The molecule has 0 atom stereocenters. The van der Waals surface area contributed by atoms with Crippen molar-refractivity contribution < 1.29 is 44.2 Å².